The quantitative estimate of drug-likeness (QED) is 0.805. The van der Waals surface area contributed by atoms with Gasteiger partial charge >= 0.3 is 0 Å². The van der Waals surface area contributed by atoms with Gasteiger partial charge in [-0.2, -0.15) is 5.10 Å². The van der Waals surface area contributed by atoms with E-state index in [9.17, 15) is 5.11 Å². The first kappa shape index (κ1) is 15.2. The number of hydrogen-bond donors (Lipinski definition) is 1. The summed E-state index contributed by atoms with van der Waals surface area (Å²) in [5.74, 6) is 0.951. The number of aliphatic hydroxyl groups is 1. The minimum atomic E-state index is -0.728. The second-order valence-corrected chi connectivity index (χ2v) is 6.22. The fourth-order valence-corrected chi connectivity index (χ4v) is 2.63. The number of hydrogen-bond acceptors (Lipinski definition) is 2. The molecule has 104 valence electrons. The highest BCUT2D eigenvalue weighted by molar-refractivity contribution is 5.15. The Balaban J connectivity index is 2.92. The third-order valence-electron chi connectivity index (χ3n) is 3.12. The van der Waals surface area contributed by atoms with Crippen LogP contribution in [0.15, 0.2) is 12.4 Å². The van der Waals surface area contributed by atoms with E-state index >= 15 is 0 Å². The first-order valence-electron chi connectivity index (χ1n) is 7.12. The molecule has 0 atom stereocenters. The van der Waals surface area contributed by atoms with Gasteiger partial charge < -0.3 is 5.11 Å². The number of aryl methyl sites for hydroxylation is 1. The Bertz CT molecular complexity index is 345. The average molecular weight is 252 g/mol. The van der Waals surface area contributed by atoms with E-state index in [0.29, 0.717) is 11.8 Å². The third-order valence-corrected chi connectivity index (χ3v) is 3.12. The van der Waals surface area contributed by atoms with E-state index in [1.54, 1.807) is 0 Å². The van der Waals surface area contributed by atoms with E-state index < -0.39 is 5.60 Å². The van der Waals surface area contributed by atoms with Crippen LogP contribution in [0.5, 0.6) is 0 Å². The van der Waals surface area contributed by atoms with Crippen LogP contribution in [-0.2, 0) is 12.1 Å². The van der Waals surface area contributed by atoms with Crippen molar-refractivity contribution >= 4 is 0 Å². The molecule has 0 spiro atoms. The molecule has 3 nitrogen and oxygen atoms in total. The van der Waals surface area contributed by atoms with Gasteiger partial charge in [-0.3, -0.25) is 4.68 Å². The maximum Gasteiger partial charge on any atom is 0.0931 e. The highest BCUT2D eigenvalue weighted by Gasteiger charge is 2.32. The summed E-state index contributed by atoms with van der Waals surface area (Å²) in [5, 5.41) is 15.3. The maximum absolute atomic E-state index is 11.0. The lowest BCUT2D eigenvalue weighted by molar-refractivity contribution is -0.00458. The maximum atomic E-state index is 11.0. The van der Waals surface area contributed by atoms with Gasteiger partial charge in [-0.15, -0.1) is 0 Å². The summed E-state index contributed by atoms with van der Waals surface area (Å²) < 4.78 is 1.93. The van der Waals surface area contributed by atoms with Gasteiger partial charge in [0, 0.05) is 18.3 Å². The molecular weight excluding hydrogens is 224 g/mol. The Morgan fingerprint density at radius 3 is 2.22 bits per heavy atom. The molecule has 0 aromatic carbocycles. The zero-order valence-electron chi connectivity index (χ0n) is 12.5. The van der Waals surface area contributed by atoms with E-state index in [4.69, 9.17) is 0 Å². The second kappa shape index (κ2) is 6.37. The van der Waals surface area contributed by atoms with Crippen LogP contribution in [0.2, 0.25) is 0 Å². The minimum Gasteiger partial charge on any atom is -0.385 e. The van der Waals surface area contributed by atoms with Crippen molar-refractivity contribution in [2.75, 3.05) is 0 Å². The van der Waals surface area contributed by atoms with Crippen LogP contribution in [0.4, 0.5) is 0 Å². The summed E-state index contributed by atoms with van der Waals surface area (Å²) in [4.78, 5) is 0. The molecular formula is C15H28N2O. The van der Waals surface area contributed by atoms with Crippen LogP contribution in [0.25, 0.3) is 0 Å². The van der Waals surface area contributed by atoms with E-state index in [1.165, 1.54) is 0 Å². The molecule has 1 rings (SSSR count). The molecule has 0 amide bonds. The van der Waals surface area contributed by atoms with Crippen molar-refractivity contribution in [2.24, 2.45) is 11.8 Å². The van der Waals surface area contributed by atoms with Crippen molar-refractivity contribution in [3.8, 4) is 0 Å². The molecule has 0 bridgehead atoms. The summed E-state index contributed by atoms with van der Waals surface area (Å²) >= 11 is 0. The van der Waals surface area contributed by atoms with Gasteiger partial charge in [-0.1, -0.05) is 34.6 Å². The summed E-state index contributed by atoms with van der Waals surface area (Å²) in [6, 6.07) is 0. The van der Waals surface area contributed by atoms with Crippen LogP contribution in [0, 0.1) is 11.8 Å². The van der Waals surface area contributed by atoms with Gasteiger partial charge in [-0.05, 0) is 31.1 Å². The molecule has 18 heavy (non-hydrogen) atoms. The van der Waals surface area contributed by atoms with Crippen LogP contribution < -0.4 is 0 Å². The van der Waals surface area contributed by atoms with Gasteiger partial charge in [0.15, 0.2) is 0 Å². The fraction of sp³-hybridized carbons (Fsp3) is 0.800. The van der Waals surface area contributed by atoms with E-state index in [1.807, 2.05) is 17.1 Å². The zero-order valence-corrected chi connectivity index (χ0v) is 12.5. The Morgan fingerprint density at radius 1 is 1.22 bits per heavy atom. The molecule has 0 radical (unpaired) electrons. The van der Waals surface area contributed by atoms with E-state index in [-0.39, 0.29) is 0 Å². The highest BCUT2D eigenvalue weighted by atomic mass is 16.3. The fourth-order valence-electron chi connectivity index (χ4n) is 2.63. The molecule has 0 saturated heterocycles. The number of rotatable bonds is 7. The summed E-state index contributed by atoms with van der Waals surface area (Å²) in [6.45, 7) is 11.7. The lowest BCUT2D eigenvalue weighted by Crippen LogP contribution is -2.29. The van der Waals surface area contributed by atoms with Crippen molar-refractivity contribution in [1.82, 2.24) is 9.78 Å². The van der Waals surface area contributed by atoms with Gasteiger partial charge in [0.1, 0.15) is 0 Å². The number of aromatic nitrogens is 2. The first-order valence-corrected chi connectivity index (χ1v) is 7.12. The molecule has 1 N–H and O–H groups in total. The second-order valence-electron chi connectivity index (χ2n) is 6.22. The van der Waals surface area contributed by atoms with Gasteiger partial charge in [0.2, 0.25) is 0 Å². The van der Waals surface area contributed by atoms with Crippen LogP contribution in [0.1, 0.15) is 59.4 Å². The predicted molar refractivity (Wildman–Crippen MR) is 75.3 cm³/mol. The molecule has 0 fully saturated rings. The topological polar surface area (TPSA) is 38.0 Å². The largest absolute Gasteiger partial charge is 0.385 e. The monoisotopic (exact) mass is 252 g/mol. The van der Waals surface area contributed by atoms with Crippen molar-refractivity contribution in [3.05, 3.63) is 18.0 Å². The van der Waals surface area contributed by atoms with Crippen molar-refractivity contribution in [2.45, 2.75) is 66.0 Å². The Kier molecular flexibility index (Phi) is 5.39. The van der Waals surface area contributed by atoms with Gasteiger partial charge in [0.05, 0.1) is 11.8 Å². The average Bonchev–Trinajstić information content (AvgIpc) is 2.64. The molecule has 0 aliphatic carbocycles. The van der Waals surface area contributed by atoms with Gasteiger partial charge in [0.25, 0.3) is 0 Å². The van der Waals surface area contributed by atoms with Crippen molar-refractivity contribution in [3.63, 3.8) is 0 Å². The van der Waals surface area contributed by atoms with E-state index in [0.717, 1.165) is 31.4 Å². The Labute approximate surface area is 111 Å². The standard InChI is InChI=1S/C15H28N2O/c1-6-7-17-11-14(10-16-17)15(18,8-12(2)3)9-13(4)5/h10-13,18H,6-9H2,1-5H3. The minimum absolute atomic E-state index is 0.475. The predicted octanol–water partition coefficient (Wildman–Crippen LogP) is 3.57. The van der Waals surface area contributed by atoms with Gasteiger partial charge in [-0.25, -0.2) is 0 Å². The number of nitrogens with zero attached hydrogens (tertiary/aromatic N) is 2. The SMILES string of the molecule is CCCn1cc(C(O)(CC(C)C)CC(C)C)cn1. The Hall–Kier alpha value is -0.830. The zero-order chi connectivity index (χ0) is 13.8. The van der Waals surface area contributed by atoms with Crippen LogP contribution in [-0.4, -0.2) is 14.9 Å². The molecule has 1 aromatic rings. The lowest BCUT2D eigenvalue weighted by Gasteiger charge is -2.30. The summed E-state index contributed by atoms with van der Waals surface area (Å²) in [5.41, 5.74) is 0.243. The van der Waals surface area contributed by atoms with E-state index in [2.05, 4.69) is 39.7 Å². The lowest BCUT2D eigenvalue weighted by atomic mass is 9.81. The van der Waals surface area contributed by atoms with Crippen molar-refractivity contribution < 1.29 is 5.11 Å². The third kappa shape index (κ3) is 4.13. The smallest absolute Gasteiger partial charge is 0.0931 e. The molecule has 0 saturated carbocycles. The molecule has 0 unspecified atom stereocenters. The van der Waals surface area contributed by atoms with Crippen molar-refractivity contribution in [1.29, 1.82) is 0 Å². The summed E-state index contributed by atoms with van der Waals surface area (Å²) in [7, 11) is 0. The van der Waals surface area contributed by atoms with Crippen LogP contribution >= 0.6 is 0 Å². The Morgan fingerprint density at radius 2 is 1.78 bits per heavy atom. The first-order chi connectivity index (χ1) is 8.37. The molecule has 0 aliphatic rings. The summed E-state index contributed by atoms with van der Waals surface area (Å²) in [6.07, 6.45) is 6.49. The highest BCUT2D eigenvalue weighted by Crippen LogP contribution is 2.34. The molecule has 3 heteroatoms. The molecule has 1 aromatic heterocycles. The molecule has 1 heterocycles. The molecule has 0 aliphatic heterocycles. The normalized spacial score (nSPS) is 12.7. The van der Waals surface area contributed by atoms with Crippen LogP contribution in [0.3, 0.4) is 0 Å².